The third-order valence-corrected chi connectivity index (χ3v) is 5.42. The first kappa shape index (κ1) is 19.2. The van der Waals surface area contributed by atoms with Gasteiger partial charge in [0.25, 0.3) is 0 Å². The van der Waals surface area contributed by atoms with Crippen LogP contribution in [0.25, 0.3) is 0 Å². The van der Waals surface area contributed by atoms with Gasteiger partial charge < -0.3 is 10.1 Å². The highest BCUT2D eigenvalue weighted by Crippen LogP contribution is 2.28. The fourth-order valence-corrected chi connectivity index (χ4v) is 3.71. The van der Waals surface area contributed by atoms with E-state index in [0.717, 1.165) is 22.5 Å². The van der Waals surface area contributed by atoms with Gasteiger partial charge in [-0.15, -0.1) is 0 Å². The molecule has 1 aromatic heterocycles. The van der Waals surface area contributed by atoms with Crippen molar-refractivity contribution >= 4 is 29.2 Å². The van der Waals surface area contributed by atoms with Gasteiger partial charge in [-0.2, -0.15) is 5.10 Å². The fraction of sp³-hybridized carbons (Fsp3) is 0.227. The summed E-state index contributed by atoms with van der Waals surface area (Å²) >= 11 is 6.25. The molecule has 7 heteroatoms. The number of rotatable bonds is 4. The number of carbonyl (C=O) groups excluding carboxylic acids is 2. The van der Waals surface area contributed by atoms with Crippen LogP contribution in [0.2, 0.25) is 5.02 Å². The van der Waals surface area contributed by atoms with Crippen molar-refractivity contribution in [3.8, 4) is 5.75 Å². The van der Waals surface area contributed by atoms with Gasteiger partial charge in [-0.1, -0.05) is 29.8 Å². The van der Waals surface area contributed by atoms with E-state index in [1.165, 1.54) is 0 Å². The van der Waals surface area contributed by atoms with Crippen LogP contribution in [0.1, 0.15) is 39.3 Å². The smallest absolute Gasteiger partial charge is 0.347 e. The molecule has 1 aliphatic heterocycles. The second-order valence-corrected chi connectivity index (χ2v) is 7.46. The SMILES string of the molecule is Cc1nn(Cc2ccccc2Cl)c(C)c1C(=O)Oc1ccc2c(c1)CCC(=O)N2. The minimum absolute atomic E-state index is 0.000530. The van der Waals surface area contributed by atoms with E-state index in [0.29, 0.717) is 41.4 Å². The molecule has 0 unspecified atom stereocenters. The summed E-state index contributed by atoms with van der Waals surface area (Å²) in [5.74, 6) is -0.00724. The molecule has 0 spiro atoms. The molecule has 1 N–H and O–H groups in total. The number of amides is 1. The predicted octanol–water partition coefficient (Wildman–Crippen LogP) is 4.31. The number of ether oxygens (including phenoxy) is 1. The van der Waals surface area contributed by atoms with Crippen molar-refractivity contribution in [2.24, 2.45) is 0 Å². The van der Waals surface area contributed by atoms with Gasteiger partial charge in [-0.05, 0) is 55.7 Å². The van der Waals surface area contributed by atoms with Gasteiger partial charge in [0.1, 0.15) is 11.3 Å². The number of anilines is 1. The van der Waals surface area contributed by atoms with Crippen LogP contribution in [0.5, 0.6) is 5.75 Å². The van der Waals surface area contributed by atoms with Crippen molar-refractivity contribution in [1.82, 2.24) is 9.78 Å². The van der Waals surface area contributed by atoms with Gasteiger partial charge in [0.2, 0.25) is 5.91 Å². The normalized spacial score (nSPS) is 13.0. The molecule has 0 radical (unpaired) electrons. The zero-order valence-electron chi connectivity index (χ0n) is 16.2. The highest BCUT2D eigenvalue weighted by Gasteiger charge is 2.22. The standard InChI is InChI=1S/C22H20ClN3O3/c1-13-21(14(2)26(25-13)12-16-5-3-4-6-18(16)23)22(28)29-17-8-9-19-15(11-17)7-10-20(27)24-19/h3-6,8-9,11H,7,10,12H2,1-2H3,(H,24,27). The highest BCUT2D eigenvalue weighted by molar-refractivity contribution is 6.31. The van der Waals surface area contributed by atoms with E-state index in [4.69, 9.17) is 16.3 Å². The molecule has 0 bridgehead atoms. The molecular formula is C22H20ClN3O3. The third kappa shape index (κ3) is 3.89. The van der Waals surface area contributed by atoms with E-state index < -0.39 is 5.97 Å². The Morgan fingerprint density at radius 2 is 2.00 bits per heavy atom. The summed E-state index contributed by atoms with van der Waals surface area (Å²) < 4.78 is 7.37. The largest absolute Gasteiger partial charge is 0.423 e. The Hall–Kier alpha value is -3.12. The minimum atomic E-state index is -0.454. The topological polar surface area (TPSA) is 73.2 Å². The van der Waals surface area contributed by atoms with Crippen molar-refractivity contribution in [3.63, 3.8) is 0 Å². The Balaban J connectivity index is 1.56. The third-order valence-electron chi connectivity index (χ3n) is 5.05. The molecule has 3 aromatic rings. The molecule has 29 heavy (non-hydrogen) atoms. The van der Waals surface area contributed by atoms with E-state index in [2.05, 4.69) is 10.4 Å². The molecule has 0 saturated carbocycles. The first-order valence-corrected chi connectivity index (χ1v) is 9.72. The van der Waals surface area contributed by atoms with Crippen LogP contribution in [0.15, 0.2) is 42.5 Å². The Morgan fingerprint density at radius 3 is 2.79 bits per heavy atom. The van der Waals surface area contributed by atoms with Gasteiger partial charge >= 0.3 is 5.97 Å². The first-order chi connectivity index (χ1) is 13.9. The summed E-state index contributed by atoms with van der Waals surface area (Å²) in [5, 5.41) is 7.97. The average Bonchev–Trinajstić information content (AvgIpc) is 2.97. The van der Waals surface area contributed by atoms with Crippen molar-refractivity contribution in [2.45, 2.75) is 33.2 Å². The van der Waals surface area contributed by atoms with Gasteiger partial charge in [-0.3, -0.25) is 9.48 Å². The molecule has 1 aliphatic rings. The quantitative estimate of drug-likeness (QED) is 0.515. The number of nitrogens with one attached hydrogen (secondary N) is 1. The van der Waals surface area contributed by atoms with Crippen LogP contribution in [0, 0.1) is 13.8 Å². The number of benzene rings is 2. The van der Waals surface area contributed by atoms with Crippen molar-refractivity contribution in [3.05, 3.63) is 75.6 Å². The number of aromatic nitrogens is 2. The zero-order chi connectivity index (χ0) is 20.5. The zero-order valence-corrected chi connectivity index (χ0v) is 16.9. The number of hydrogen-bond donors (Lipinski definition) is 1. The summed E-state index contributed by atoms with van der Waals surface area (Å²) in [5.41, 5.74) is 4.42. The lowest BCUT2D eigenvalue weighted by molar-refractivity contribution is -0.116. The van der Waals surface area contributed by atoms with Gasteiger partial charge in [0.05, 0.1) is 17.9 Å². The number of halogens is 1. The van der Waals surface area contributed by atoms with Crippen LogP contribution in [-0.4, -0.2) is 21.7 Å². The van der Waals surface area contributed by atoms with Crippen LogP contribution in [0.3, 0.4) is 0 Å². The minimum Gasteiger partial charge on any atom is -0.423 e. The molecule has 6 nitrogen and oxygen atoms in total. The Morgan fingerprint density at radius 1 is 1.21 bits per heavy atom. The summed E-state index contributed by atoms with van der Waals surface area (Å²) in [7, 11) is 0. The fourth-order valence-electron chi connectivity index (χ4n) is 3.52. The van der Waals surface area contributed by atoms with E-state index in [-0.39, 0.29) is 5.91 Å². The maximum absolute atomic E-state index is 12.8. The van der Waals surface area contributed by atoms with Crippen LogP contribution in [0.4, 0.5) is 5.69 Å². The van der Waals surface area contributed by atoms with Crippen molar-refractivity contribution in [1.29, 1.82) is 0 Å². The molecule has 4 rings (SSSR count). The maximum Gasteiger partial charge on any atom is 0.347 e. The lowest BCUT2D eigenvalue weighted by Crippen LogP contribution is -2.19. The summed E-state index contributed by atoms with van der Waals surface area (Å²) in [6.45, 7) is 4.10. The van der Waals surface area contributed by atoms with E-state index >= 15 is 0 Å². The van der Waals surface area contributed by atoms with Gasteiger partial charge in [0.15, 0.2) is 0 Å². The summed E-state index contributed by atoms with van der Waals surface area (Å²) in [6.07, 6.45) is 1.05. The second kappa shape index (κ2) is 7.72. The second-order valence-electron chi connectivity index (χ2n) is 7.05. The number of fused-ring (bicyclic) bond motifs is 1. The number of nitrogens with zero attached hydrogens (tertiary/aromatic N) is 2. The molecule has 148 valence electrons. The molecule has 0 atom stereocenters. The van der Waals surface area contributed by atoms with E-state index in [9.17, 15) is 9.59 Å². The highest BCUT2D eigenvalue weighted by atomic mass is 35.5. The molecule has 0 fully saturated rings. The summed E-state index contributed by atoms with van der Waals surface area (Å²) in [4.78, 5) is 24.3. The number of esters is 1. The van der Waals surface area contributed by atoms with E-state index in [1.807, 2.05) is 31.2 Å². The van der Waals surface area contributed by atoms with Crippen LogP contribution >= 0.6 is 11.6 Å². The van der Waals surface area contributed by atoms with Gasteiger partial charge in [-0.25, -0.2) is 4.79 Å². The first-order valence-electron chi connectivity index (χ1n) is 9.34. The molecule has 2 heterocycles. The van der Waals surface area contributed by atoms with E-state index in [1.54, 1.807) is 29.8 Å². The lowest BCUT2D eigenvalue weighted by atomic mass is 10.0. The number of hydrogen-bond acceptors (Lipinski definition) is 4. The molecule has 0 aliphatic carbocycles. The monoisotopic (exact) mass is 409 g/mol. The Kier molecular flexibility index (Phi) is 5.11. The average molecular weight is 410 g/mol. The number of aryl methyl sites for hydroxylation is 2. The van der Waals surface area contributed by atoms with Crippen molar-refractivity contribution in [2.75, 3.05) is 5.32 Å². The molecule has 2 aromatic carbocycles. The Bertz CT molecular complexity index is 1120. The number of carbonyl (C=O) groups is 2. The van der Waals surface area contributed by atoms with Crippen LogP contribution < -0.4 is 10.1 Å². The summed E-state index contributed by atoms with van der Waals surface area (Å²) in [6, 6.07) is 12.8. The molecular weight excluding hydrogens is 390 g/mol. The van der Waals surface area contributed by atoms with Crippen molar-refractivity contribution < 1.29 is 14.3 Å². The maximum atomic E-state index is 12.8. The predicted molar refractivity (Wildman–Crippen MR) is 111 cm³/mol. The molecule has 0 saturated heterocycles. The van der Waals surface area contributed by atoms with Gasteiger partial charge in [0, 0.05) is 17.1 Å². The molecule has 1 amide bonds. The van der Waals surface area contributed by atoms with Crippen LogP contribution in [-0.2, 0) is 17.8 Å². The Labute approximate surface area is 173 Å². The lowest BCUT2D eigenvalue weighted by Gasteiger charge is -2.17.